The number of carbonyl (C=O) groups excluding carboxylic acids is 1. The van der Waals surface area contributed by atoms with Crippen molar-refractivity contribution in [1.82, 2.24) is 9.88 Å². The standard InChI is InChI=1S/C24H29N3O3S/c1-4-14-27(16-23(28)26-21-8-6-7-9-22(21)29-3)15-19-17-31-24(25-19)18-10-12-20(13-11-18)30-5-2/h6-13,17H,4-5,14-16H2,1-3H3,(H,26,28). The van der Waals surface area contributed by atoms with Crippen LogP contribution < -0.4 is 14.8 Å². The fourth-order valence-corrected chi connectivity index (χ4v) is 4.09. The lowest BCUT2D eigenvalue weighted by Crippen LogP contribution is -2.33. The summed E-state index contributed by atoms with van der Waals surface area (Å²) in [7, 11) is 1.60. The van der Waals surface area contributed by atoms with Gasteiger partial charge >= 0.3 is 0 Å². The van der Waals surface area contributed by atoms with Gasteiger partial charge in [-0.25, -0.2) is 4.98 Å². The lowest BCUT2D eigenvalue weighted by Gasteiger charge is -2.20. The van der Waals surface area contributed by atoms with E-state index in [1.54, 1.807) is 18.4 Å². The average molecular weight is 440 g/mol. The molecule has 0 aliphatic rings. The van der Waals surface area contributed by atoms with E-state index in [4.69, 9.17) is 14.5 Å². The second-order valence-corrected chi connectivity index (χ2v) is 7.92. The minimum absolute atomic E-state index is 0.0695. The first-order valence-electron chi connectivity index (χ1n) is 10.5. The number of rotatable bonds is 11. The highest BCUT2D eigenvalue weighted by molar-refractivity contribution is 7.13. The van der Waals surface area contributed by atoms with Gasteiger partial charge < -0.3 is 14.8 Å². The first-order chi connectivity index (χ1) is 15.1. The van der Waals surface area contributed by atoms with E-state index in [1.807, 2.05) is 55.5 Å². The number of benzene rings is 2. The fourth-order valence-electron chi connectivity index (χ4n) is 3.27. The third-order valence-corrected chi connectivity index (χ3v) is 5.58. The van der Waals surface area contributed by atoms with Crippen LogP contribution in [-0.4, -0.2) is 42.6 Å². The summed E-state index contributed by atoms with van der Waals surface area (Å²) in [5, 5.41) is 5.98. The van der Waals surface area contributed by atoms with Crippen LogP contribution in [-0.2, 0) is 11.3 Å². The normalized spacial score (nSPS) is 10.8. The van der Waals surface area contributed by atoms with Crippen LogP contribution in [0.2, 0.25) is 0 Å². The van der Waals surface area contributed by atoms with Gasteiger partial charge in [-0.3, -0.25) is 9.69 Å². The monoisotopic (exact) mass is 439 g/mol. The summed E-state index contributed by atoms with van der Waals surface area (Å²) in [5.41, 5.74) is 2.71. The summed E-state index contributed by atoms with van der Waals surface area (Å²) in [4.78, 5) is 19.5. The minimum atomic E-state index is -0.0695. The molecule has 1 N–H and O–H groups in total. The number of hydrogen-bond acceptors (Lipinski definition) is 6. The molecule has 0 spiro atoms. The summed E-state index contributed by atoms with van der Waals surface area (Å²) < 4.78 is 10.8. The lowest BCUT2D eigenvalue weighted by atomic mass is 10.2. The Hall–Kier alpha value is -2.90. The topological polar surface area (TPSA) is 63.7 Å². The van der Waals surface area contributed by atoms with Crippen molar-refractivity contribution in [2.45, 2.75) is 26.8 Å². The zero-order valence-electron chi connectivity index (χ0n) is 18.3. The van der Waals surface area contributed by atoms with Crippen LogP contribution in [0.5, 0.6) is 11.5 Å². The SMILES string of the molecule is CCCN(CC(=O)Nc1ccccc1OC)Cc1csc(-c2ccc(OCC)cc2)n1. The molecule has 2 aromatic carbocycles. The van der Waals surface area contributed by atoms with Crippen LogP contribution in [0.1, 0.15) is 26.0 Å². The van der Waals surface area contributed by atoms with Gasteiger partial charge in [-0.15, -0.1) is 11.3 Å². The lowest BCUT2D eigenvalue weighted by molar-refractivity contribution is -0.117. The van der Waals surface area contributed by atoms with Crippen LogP contribution >= 0.6 is 11.3 Å². The first kappa shape index (κ1) is 22.8. The summed E-state index contributed by atoms with van der Waals surface area (Å²) in [6.07, 6.45) is 0.956. The van der Waals surface area contributed by atoms with Gasteiger partial charge in [0.1, 0.15) is 16.5 Å². The van der Waals surface area contributed by atoms with Gasteiger partial charge in [0, 0.05) is 17.5 Å². The second kappa shape index (κ2) is 11.5. The van der Waals surface area contributed by atoms with Crippen LogP contribution in [0, 0.1) is 0 Å². The highest BCUT2D eigenvalue weighted by atomic mass is 32.1. The van der Waals surface area contributed by atoms with E-state index in [2.05, 4.69) is 22.5 Å². The number of ether oxygens (including phenoxy) is 2. The molecule has 3 aromatic rings. The number of aromatic nitrogens is 1. The Bertz CT molecular complexity index is 972. The Kier molecular flexibility index (Phi) is 8.44. The number of hydrogen-bond donors (Lipinski definition) is 1. The molecule has 31 heavy (non-hydrogen) atoms. The van der Waals surface area contributed by atoms with E-state index in [0.717, 1.165) is 35.0 Å². The quantitative estimate of drug-likeness (QED) is 0.452. The molecule has 0 unspecified atom stereocenters. The molecule has 1 amide bonds. The number of nitrogens with one attached hydrogen (secondary N) is 1. The number of para-hydroxylation sites is 2. The maximum absolute atomic E-state index is 12.6. The van der Waals surface area contributed by atoms with Gasteiger partial charge in [-0.2, -0.15) is 0 Å². The molecular weight excluding hydrogens is 410 g/mol. The van der Waals surface area contributed by atoms with Gasteiger partial charge in [-0.1, -0.05) is 19.1 Å². The van der Waals surface area contributed by atoms with E-state index < -0.39 is 0 Å². The van der Waals surface area contributed by atoms with Crippen LogP contribution in [0.25, 0.3) is 10.6 Å². The molecule has 0 radical (unpaired) electrons. The zero-order valence-corrected chi connectivity index (χ0v) is 19.1. The van der Waals surface area contributed by atoms with Gasteiger partial charge in [0.15, 0.2) is 0 Å². The summed E-state index contributed by atoms with van der Waals surface area (Å²) >= 11 is 1.61. The van der Waals surface area contributed by atoms with E-state index in [0.29, 0.717) is 31.1 Å². The molecule has 0 fully saturated rings. The van der Waals surface area contributed by atoms with Crippen LogP contribution in [0.4, 0.5) is 5.69 Å². The molecule has 1 heterocycles. The number of nitrogens with zero attached hydrogens (tertiary/aromatic N) is 2. The molecular formula is C24H29N3O3S. The Labute approximate surface area is 187 Å². The minimum Gasteiger partial charge on any atom is -0.495 e. The van der Waals surface area contributed by atoms with Crippen molar-refractivity contribution in [3.63, 3.8) is 0 Å². The molecule has 7 heteroatoms. The summed E-state index contributed by atoms with van der Waals surface area (Å²) in [6.45, 7) is 6.47. The molecule has 1 aromatic heterocycles. The number of thiazole rings is 1. The van der Waals surface area contributed by atoms with E-state index in [-0.39, 0.29) is 5.91 Å². The largest absolute Gasteiger partial charge is 0.495 e. The smallest absolute Gasteiger partial charge is 0.238 e. The maximum Gasteiger partial charge on any atom is 0.238 e. The van der Waals surface area contributed by atoms with Crippen molar-refractivity contribution in [3.8, 4) is 22.1 Å². The van der Waals surface area contributed by atoms with Gasteiger partial charge in [0.05, 0.1) is 31.6 Å². The Morgan fingerprint density at radius 3 is 2.61 bits per heavy atom. The van der Waals surface area contributed by atoms with Gasteiger partial charge in [-0.05, 0) is 56.3 Å². The first-order valence-corrected chi connectivity index (χ1v) is 11.3. The number of methoxy groups -OCH3 is 1. The molecule has 3 rings (SSSR count). The van der Waals surface area contributed by atoms with Crippen molar-refractivity contribution in [1.29, 1.82) is 0 Å². The van der Waals surface area contributed by atoms with Crippen molar-refractivity contribution in [3.05, 3.63) is 59.6 Å². The second-order valence-electron chi connectivity index (χ2n) is 7.06. The molecule has 164 valence electrons. The molecule has 0 atom stereocenters. The number of anilines is 1. The van der Waals surface area contributed by atoms with Crippen molar-refractivity contribution in [2.24, 2.45) is 0 Å². The molecule has 6 nitrogen and oxygen atoms in total. The molecule has 0 aliphatic heterocycles. The van der Waals surface area contributed by atoms with Crippen LogP contribution in [0.3, 0.4) is 0 Å². The predicted molar refractivity (Wildman–Crippen MR) is 126 cm³/mol. The predicted octanol–water partition coefficient (Wildman–Crippen LogP) is 5.07. The molecule has 0 bridgehead atoms. The van der Waals surface area contributed by atoms with E-state index in [9.17, 15) is 4.79 Å². The number of amides is 1. The third kappa shape index (κ3) is 6.54. The number of carbonyl (C=O) groups is 1. The zero-order chi connectivity index (χ0) is 22.1. The fraction of sp³-hybridized carbons (Fsp3) is 0.333. The van der Waals surface area contributed by atoms with Gasteiger partial charge in [0.25, 0.3) is 0 Å². The summed E-state index contributed by atoms with van der Waals surface area (Å²) in [6, 6.07) is 15.4. The molecule has 0 aliphatic carbocycles. The Morgan fingerprint density at radius 1 is 1.13 bits per heavy atom. The average Bonchev–Trinajstić information content (AvgIpc) is 3.23. The van der Waals surface area contributed by atoms with Crippen molar-refractivity contribution < 1.29 is 14.3 Å². The third-order valence-electron chi connectivity index (χ3n) is 4.64. The molecule has 0 saturated heterocycles. The maximum atomic E-state index is 12.6. The van der Waals surface area contributed by atoms with E-state index in [1.165, 1.54) is 0 Å². The summed E-state index contributed by atoms with van der Waals surface area (Å²) in [5.74, 6) is 1.44. The Balaban J connectivity index is 1.62. The van der Waals surface area contributed by atoms with Crippen molar-refractivity contribution >= 4 is 22.9 Å². The molecule has 0 saturated carbocycles. The Morgan fingerprint density at radius 2 is 1.90 bits per heavy atom. The highest BCUT2D eigenvalue weighted by Gasteiger charge is 2.15. The van der Waals surface area contributed by atoms with E-state index >= 15 is 0 Å². The van der Waals surface area contributed by atoms with Gasteiger partial charge in [0.2, 0.25) is 5.91 Å². The van der Waals surface area contributed by atoms with Crippen LogP contribution in [0.15, 0.2) is 53.9 Å². The van der Waals surface area contributed by atoms with Crippen molar-refractivity contribution in [2.75, 3.05) is 32.1 Å². The highest BCUT2D eigenvalue weighted by Crippen LogP contribution is 2.26.